The van der Waals surface area contributed by atoms with Gasteiger partial charge in [-0.1, -0.05) is 43.3 Å². The van der Waals surface area contributed by atoms with Crippen molar-refractivity contribution < 1.29 is 23.1 Å². The molecule has 0 bridgehead atoms. The molecule has 0 fully saturated rings. The number of rotatable bonds is 8. The summed E-state index contributed by atoms with van der Waals surface area (Å²) in [5.41, 5.74) is 1.81. The standard InChI is InChI=1S/C20H23NO5S/c1-3-14-9-10-16(27(2,25)26)13-17(14)20(24)21-18(11-12-19(22)23)15-7-5-4-6-8-15/h4-10,13,18H,3,11-12H2,1-2H3,(H,21,24)(H,22,23). The third-order valence-electron chi connectivity index (χ3n) is 4.29. The lowest BCUT2D eigenvalue weighted by Crippen LogP contribution is -2.30. The zero-order valence-corrected chi connectivity index (χ0v) is 16.1. The first-order valence-corrected chi connectivity index (χ1v) is 10.5. The van der Waals surface area contributed by atoms with E-state index >= 15 is 0 Å². The number of carboxylic acid groups (broad SMARTS) is 1. The van der Waals surface area contributed by atoms with Crippen molar-refractivity contribution in [2.75, 3.05) is 6.26 Å². The fourth-order valence-electron chi connectivity index (χ4n) is 2.82. The first-order valence-electron chi connectivity index (χ1n) is 8.63. The summed E-state index contributed by atoms with van der Waals surface area (Å²) in [6, 6.07) is 13.1. The maximum Gasteiger partial charge on any atom is 0.303 e. The third-order valence-corrected chi connectivity index (χ3v) is 5.40. The van der Waals surface area contributed by atoms with E-state index in [1.807, 2.05) is 37.3 Å². The molecule has 1 amide bonds. The average Bonchev–Trinajstić information content (AvgIpc) is 2.64. The molecule has 27 heavy (non-hydrogen) atoms. The summed E-state index contributed by atoms with van der Waals surface area (Å²) in [6.45, 7) is 1.88. The lowest BCUT2D eigenvalue weighted by Gasteiger charge is -2.20. The highest BCUT2D eigenvalue weighted by Crippen LogP contribution is 2.22. The summed E-state index contributed by atoms with van der Waals surface area (Å²) in [5.74, 6) is -1.37. The predicted octanol–water partition coefficient (Wildman–Crippen LogP) is 2.99. The van der Waals surface area contributed by atoms with Crippen LogP contribution < -0.4 is 5.32 Å². The third kappa shape index (κ3) is 5.65. The molecule has 2 aromatic carbocycles. The van der Waals surface area contributed by atoms with Gasteiger partial charge in [0.05, 0.1) is 10.9 Å². The molecule has 6 nitrogen and oxygen atoms in total. The van der Waals surface area contributed by atoms with E-state index in [1.54, 1.807) is 6.07 Å². The smallest absolute Gasteiger partial charge is 0.303 e. The van der Waals surface area contributed by atoms with Gasteiger partial charge in [-0.3, -0.25) is 9.59 Å². The van der Waals surface area contributed by atoms with E-state index < -0.39 is 27.8 Å². The van der Waals surface area contributed by atoms with E-state index in [0.717, 1.165) is 17.4 Å². The van der Waals surface area contributed by atoms with Gasteiger partial charge in [-0.25, -0.2) is 8.42 Å². The molecule has 1 atom stereocenters. The Morgan fingerprint density at radius 3 is 2.33 bits per heavy atom. The van der Waals surface area contributed by atoms with E-state index in [9.17, 15) is 18.0 Å². The minimum absolute atomic E-state index is 0.0756. The van der Waals surface area contributed by atoms with Crippen molar-refractivity contribution in [3.63, 3.8) is 0 Å². The van der Waals surface area contributed by atoms with Crippen LogP contribution in [-0.2, 0) is 21.1 Å². The first kappa shape index (κ1) is 20.6. The van der Waals surface area contributed by atoms with Crippen LogP contribution in [-0.4, -0.2) is 31.7 Å². The van der Waals surface area contributed by atoms with Crippen molar-refractivity contribution in [2.24, 2.45) is 0 Å². The lowest BCUT2D eigenvalue weighted by atomic mass is 10.00. The van der Waals surface area contributed by atoms with Crippen molar-refractivity contribution in [3.8, 4) is 0 Å². The highest BCUT2D eigenvalue weighted by molar-refractivity contribution is 7.90. The van der Waals surface area contributed by atoms with Crippen LogP contribution in [0.3, 0.4) is 0 Å². The highest BCUT2D eigenvalue weighted by Gasteiger charge is 2.20. The maximum atomic E-state index is 12.9. The molecule has 0 heterocycles. The zero-order chi connectivity index (χ0) is 20.0. The molecular formula is C20H23NO5S. The van der Waals surface area contributed by atoms with Gasteiger partial charge in [0, 0.05) is 18.2 Å². The Hall–Kier alpha value is -2.67. The minimum Gasteiger partial charge on any atom is -0.481 e. The molecule has 2 aromatic rings. The van der Waals surface area contributed by atoms with Gasteiger partial charge in [-0.05, 0) is 36.1 Å². The number of hydrogen-bond acceptors (Lipinski definition) is 4. The largest absolute Gasteiger partial charge is 0.481 e. The minimum atomic E-state index is -3.44. The summed E-state index contributed by atoms with van der Waals surface area (Å²) in [7, 11) is -3.44. The summed E-state index contributed by atoms with van der Waals surface area (Å²) >= 11 is 0. The molecule has 1 unspecified atom stereocenters. The summed E-state index contributed by atoms with van der Waals surface area (Å²) in [6.07, 6.45) is 1.80. The molecule has 0 aliphatic rings. The number of aliphatic carboxylic acids is 1. The number of carbonyl (C=O) groups excluding carboxylic acids is 1. The normalized spacial score (nSPS) is 12.4. The van der Waals surface area contributed by atoms with E-state index in [2.05, 4.69) is 5.32 Å². The molecule has 0 aliphatic carbocycles. The Bertz CT molecular complexity index is 923. The molecule has 2 N–H and O–H groups in total. The fraction of sp³-hybridized carbons (Fsp3) is 0.300. The summed E-state index contributed by atoms with van der Waals surface area (Å²) < 4.78 is 23.7. The van der Waals surface area contributed by atoms with E-state index in [1.165, 1.54) is 12.1 Å². The van der Waals surface area contributed by atoms with Crippen LogP contribution >= 0.6 is 0 Å². The SMILES string of the molecule is CCc1ccc(S(C)(=O)=O)cc1C(=O)NC(CCC(=O)O)c1ccccc1. The van der Waals surface area contributed by atoms with Gasteiger partial charge in [-0.2, -0.15) is 0 Å². The molecule has 0 aliphatic heterocycles. The molecule has 0 radical (unpaired) electrons. The summed E-state index contributed by atoms with van der Waals surface area (Å²) in [4.78, 5) is 23.9. The monoisotopic (exact) mass is 389 g/mol. The average molecular weight is 389 g/mol. The number of amides is 1. The molecule has 0 saturated carbocycles. The molecule has 7 heteroatoms. The zero-order valence-electron chi connectivity index (χ0n) is 15.3. The van der Waals surface area contributed by atoms with Crippen LogP contribution in [0.1, 0.15) is 47.3 Å². The van der Waals surface area contributed by atoms with Crippen LogP contribution in [0.5, 0.6) is 0 Å². The molecule has 144 valence electrons. The van der Waals surface area contributed by atoms with Gasteiger partial charge in [0.15, 0.2) is 9.84 Å². The predicted molar refractivity (Wildman–Crippen MR) is 102 cm³/mol. The maximum absolute atomic E-state index is 12.9. The van der Waals surface area contributed by atoms with Crippen LogP contribution in [0.2, 0.25) is 0 Å². The fourth-order valence-corrected chi connectivity index (χ4v) is 3.46. The van der Waals surface area contributed by atoms with Crippen molar-refractivity contribution in [1.82, 2.24) is 5.32 Å². The van der Waals surface area contributed by atoms with Gasteiger partial charge in [0.25, 0.3) is 5.91 Å². The first-order chi connectivity index (χ1) is 12.7. The van der Waals surface area contributed by atoms with Gasteiger partial charge < -0.3 is 10.4 Å². The Kier molecular flexibility index (Phi) is 6.74. The second-order valence-electron chi connectivity index (χ2n) is 6.31. The van der Waals surface area contributed by atoms with Gasteiger partial charge >= 0.3 is 5.97 Å². The molecule has 2 rings (SSSR count). The van der Waals surface area contributed by atoms with Crippen molar-refractivity contribution in [1.29, 1.82) is 0 Å². The molecular weight excluding hydrogens is 366 g/mol. The van der Waals surface area contributed by atoms with Crippen LogP contribution in [0.25, 0.3) is 0 Å². The van der Waals surface area contributed by atoms with Gasteiger partial charge in [0.1, 0.15) is 0 Å². The quantitative estimate of drug-likeness (QED) is 0.723. The number of aryl methyl sites for hydroxylation is 1. The van der Waals surface area contributed by atoms with Crippen LogP contribution in [0, 0.1) is 0 Å². The van der Waals surface area contributed by atoms with Crippen LogP contribution in [0.15, 0.2) is 53.4 Å². The number of benzene rings is 2. The van der Waals surface area contributed by atoms with Gasteiger partial charge in [-0.15, -0.1) is 0 Å². The topological polar surface area (TPSA) is 101 Å². The van der Waals surface area contributed by atoms with E-state index in [-0.39, 0.29) is 23.3 Å². The highest BCUT2D eigenvalue weighted by atomic mass is 32.2. The molecule has 0 saturated heterocycles. The summed E-state index contributed by atoms with van der Waals surface area (Å²) in [5, 5.41) is 11.9. The lowest BCUT2D eigenvalue weighted by molar-refractivity contribution is -0.137. The van der Waals surface area contributed by atoms with Gasteiger partial charge in [0.2, 0.25) is 0 Å². The molecule has 0 spiro atoms. The number of sulfone groups is 1. The number of carboxylic acids is 1. The Morgan fingerprint density at radius 2 is 1.78 bits per heavy atom. The Morgan fingerprint density at radius 1 is 1.11 bits per heavy atom. The number of carbonyl (C=O) groups is 2. The van der Waals surface area contributed by atoms with E-state index in [4.69, 9.17) is 5.11 Å². The van der Waals surface area contributed by atoms with Crippen molar-refractivity contribution >= 4 is 21.7 Å². The number of nitrogens with one attached hydrogen (secondary N) is 1. The van der Waals surface area contributed by atoms with Crippen molar-refractivity contribution in [3.05, 3.63) is 65.2 Å². The Labute approximate surface area is 159 Å². The van der Waals surface area contributed by atoms with Crippen molar-refractivity contribution in [2.45, 2.75) is 37.1 Å². The number of hydrogen-bond donors (Lipinski definition) is 2. The molecule has 0 aromatic heterocycles. The Balaban J connectivity index is 2.35. The second kappa shape index (κ2) is 8.81. The second-order valence-corrected chi connectivity index (χ2v) is 8.33. The van der Waals surface area contributed by atoms with Crippen LogP contribution in [0.4, 0.5) is 0 Å². The van der Waals surface area contributed by atoms with E-state index in [0.29, 0.717) is 6.42 Å².